The Bertz CT molecular complexity index is 311. The Kier molecular flexibility index (Phi) is 24.2. The van der Waals surface area contributed by atoms with Gasteiger partial charge in [-0.1, -0.05) is 84.0 Å². The zero-order valence-corrected chi connectivity index (χ0v) is 18.7. The summed E-state index contributed by atoms with van der Waals surface area (Å²) in [6.07, 6.45) is 17.5. The zero-order chi connectivity index (χ0) is 17.9. The predicted octanol–water partition coefficient (Wildman–Crippen LogP) is 0.770. The standard InChI is InChI=1S/C20H39NO3.Na/c1-2-3-4-5-6-7-8-9-10-11-12-13-14-15-19(22)18-21-17-16-20(23)24;/h21H,2-18H2,1H3,(H,23,24);/q;+1/p-1. The first kappa shape index (κ1) is 27.3. The molecule has 142 valence electrons. The predicted molar refractivity (Wildman–Crippen MR) is 97.8 cm³/mol. The minimum atomic E-state index is -1.08. The van der Waals surface area contributed by atoms with E-state index in [-0.39, 0.29) is 48.3 Å². The molecule has 0 atom stereocenters. The summed E-state index contributed by atoms with van der Waals surface area (Å²) in [5.41, 5.74) is 0. The third-order valence-electron chi connectivity index (χ3n) is 4.39. The van der Waals surface area contributed by atoms with Crippen LogP contribution < -0.4 is 40.0 Å². The largest absolute Gasteiger partial charge is 1.00 e. The molecule has 0 saturated carbocycles. The third kappa shape index (κ3) is 24.1. The van der Waals surface area contributed by atoms with Crippen molar-refractivity contribution < 1.29 is 44.3 Å². The van der Waals surface area contributed by atoms with Crippen LogP contribution >= 0.6 is 0 Å². The molecule has 0 rings (SSSR count). The van der Waals surface area contributed by atoms with E-state index in [9.17, 15) is 14.7 Å². The number of carbonyl (C=O) groups is 2. The van der Waals surface area contributed by atoms with Crippen molar-refractivity contribution in [2.75, 3.05) is 13.1 Å². The fourth-order valence-corrected chi connectivity index (χ4v) is 2.85. The summed E-state index contributed by atoms with van der Waals surface area (Å²) in [5, 5.41) is 13.1. The maximum Gasteiger partial charge on any atom is 1.00 e. The molecular weight excluding hydrogens is 325 g/mol. The van der Waals surface area contributed by atoms with E-state index in [2.05, 4.69) is 12.2 Å². The Labute approximate surface area is 177 Å². The Morgan fingerprint density at radius 1 is 0.720 bits per heavy atom. The summed E-state index contributed by atoms with van der Waals surface area (Å²) in [5.74, 6) is -0.900. The molecule has 0 aliphatic heterocycles. The van der Waals surface area contributed by atoms with Crippen LogP contribution in [0.5, 0.6) is 0 Å². The minimum Gasteiger partial charge on any atom is -0.550 e. The van der Waals surface area contributed by atoms with Gasteiger partial charge < -0.3 is 15.2 Å². The fourth-order valence-electron chi connectivity index (χ4n) is 2.85. The molecule has 5 heteroatoms. The number of carboxylic acids is 1. The van der Waals surface area contributed by atoms with Gasteiger partial charge in [-0.25, -0.2) is 0 Å². The number of rotatable bonds is 19. The number of nitrogens with one attached hydrogen (secondary N) is 1. The number of carbonyl (C=O) groups excluding carboxylic acids is 2. The monoisotopic (exact) mass is 363 g/mol. The molecule has 0 bridgehead atoms. The second-order valence-electron chi connectivity index (χ2n) is 6.83. The zero-order valence-electron chi connectivity index (χ0n) is 16.7. The van der Waals surface area contributed by atoms with E-state index in [0.29, 0.717) is 13.0 Å². The van der Waals surface area contributed by atoms with Crippen LogP contribution in [0.4, 0.5) is 0 Å². The number of aliphatic carboxylic acids is 1. The third-order valence-corrected chi connectivity index (χ3v) is 4.39. The van der Waals surface area contributed by atoms with Crippen molar-refractivity contribution in [2.24, 2.45) is 0 Å². The molecule has 0 amide bonds. The van der Waals surface area contributed by atoms with Crippen LogP contribution in [0.3, 0.4) is 0 Å². The summed E-state index contributed by atoms with van der Waals surface area (Å²) < 4.78 is 0. The van der Waals surface area contributed by atoms with Gasteiger partial charge in [-0.2, -0.15) is 0 Å². The topological polar surface area (TPSA) is 69.2 Å². The minimum absolute atomic E-state index is 0. The van der Waals surface area contributed by atoms with Crippen LogP contribution in [-0.4, -0.2) is 24.8 Å². The number of unbranched alkanes of at least 4 members (excludes halogenated alkanes) is 12. The van der Waals surface area contributed by atoms with Crippen molar-refractivity contribution in [3.8, 4) is 0 Å². The molecule has 0 aromatic heterocycles. The smallest absolute Gasteiger partial charge is 0.550 e. The van der Waals surface area contributed by atoms with E-state index in [1.165, 1.54) is 70.6 Å². The van der Waals surface area contributed by atoms with Crippen LogP contribution in [0.2, 0.25) is 0 Å². The number of hydrogen-bond acceptors (Lipinski definition) is 4. The molecule has 0 radical (unpaired) electrons. The first-order valence-electron chi connectivity index (χ1n) is 10.1. The molecular formula is C20H38NNaO3. The molecule has 0 aliphatic carbocycles. The van der Waals surface area contributed by atoms with Crippen LogP contribution in [0.1, 0.15) is 103 Å². The van der Waals surface area contributed by atoms with Gasteiger partial charge in [0, 0.05) is 18.9 Å². The molecule has 0 aliphatic rings. The van der Waals surface area contributed by atoms with Gasteiger partial charge in [0.1, 0.15) is 5.78 Å². The summed E-state index contributed by atoms with van der Waals surface area (Å²) in [6.45, 7) is 2.85. The van der Waals surface area contributed by atoms with E-state index in [1.54, 1.807) is 0 Å². The molecule has 0 saturated heterocycles. The van der Waals surface area contributed by atoms with Gasteiger partial charge in [-0.15, -0.1) is 0 Å². The Morgan fingerprint density at radius 2 is 1.16 bits per heavy atom. The first-order chi connectivity index (χ1) is 11.7. The maximum atomic E-state index is 11.6. The van der Waals surface area contributed by atoms with Gasteiger partial charge in [0.05, 0.1) is 6.54 Å². The average Bonchev–Trinajstić information content (AvgIpc) is 2.55. The van der Waals surface area contributed by atoms with Gasteiger partial charge in [-0.05, 0) is 12.8 Å². The van der Waals surface area contributed by atoms with Crippen molar-refractivity contribution in [1.82, 2.24) is 5.32 Å². The second-order valence-corrected chi connectivity index (χ2v) is 6.83. The quantitative estimate of drug-likeness (QED) is 0.272. The molecule has 0 heterocycles. The van der Waals surface area contributed by atoms with Crippen LogP contribution in [0.25, 0.3) is 0 Å². The number of Topliss-reactive ketones (excluding diaryl/α,β-unsaturated/α-hetero) is 1. The Balaban J connectivity index is 0. The molecule has 0 fully saturated rings. The van der Waals surface area contributed by atoms with Gasteiger partial charge in [0.2, 0.25) is 0 Å². The molecule has 0 spiro atoms. The second kappa shape index (κ2) is 22.1. The molecule has 0 unspecified atom stereocenters. The van der Waals surface area contributed by atoms with Gasteiger partial charge in [0.25, 0.3) is 0 Å². The Morgan fingerprint density at radius 3 is 1.60 bits per heavy atom. The normalized spacial score (nSPS) is 10.4. The van der Waals surface area contributed by atoms with Crippen LogP contribution in [0.15, 0.2) is 0 Å². The fraction of sp³-hybridized carbons (Fsp3) is 0.900. The maximum absolute atomic E-state index is 11.6. The van der Waals surface area contributed by atoms with Crippen molar-refractivity contribution in [3.63, 3.8) is 0 Å². The summed E-state index contributed by atoms with van der Waals surface area (Å²) in [6, 6.07) is 0. The van der Waals surface area contributed by atoms with Gasteiger partial charge in [-0.3, -0.25) is 4.79 Å². The van der Waals surface area contributed by atoms with E-state index in [0.717, 1.165) is 12.8 Å². The summed E-state index contributed by atoms with van der Waals surface area (Å²) >= 11 is 0. The average molecular weight is 364 g/mol. The molecule has 0 aromatic carbocycles. The molecule has 4 nitrogen and oxygen atoms in total. The first-order valence-corrected chi connectivity index (χ1v) is 10.1. The summed E-state index contributed by atoms with van der Waals surface area (Å²) in [7, 11) is 0. The number of carboxylic acid groups (broad SMARTS) is 1. The molecule has 1 N–H and O–H groups in total. The van der Waals surface area contributed by atoms with Crippen LogP contribution in [0, 0.1) is 0 Å². The van der Waals surface area contributed by atoms with Crippen molar-refractivity contribution in [3.05, 3.63) is 0 Å². The number of hydrogen-bond donors (Lipinski definition) is 1. The molecule has 25 heavy (non-hydrogen) atoms. The van der Waals surface area contributed by atoms with Crippen molar-refractivity contribution in [1.29, 1.82) is 0 Å². The van der Waals surface area contributed by atoms with E-state index in [4.69, 9.17) is 0 Å². The van der Waals surface area contributed by atoms with E-state index >= 15 is 0 Å². The summed E-state index contributed by atoms with van der Waals surface area (Å²) in [4.78, 5) is 21.8. The van der Waals surface area contributed by atoms with Crippen molar-refractivity contribution >= 4 is 11.8 Å². The van der Waals surface area contributed by atoms with Crippen LogP contribution in [-0.2, 0) is 9.59 Å². The van der Waals surface area contributed by atoms with Gasteiger partial charge >= 0.3 is 29.6 Å². The SMILES string of the molecule is CCCCCCCCCCCCCCCC(=O)CNCCC(=O)[O-].[Na+]. The van der Waals surface area contributed by atoms with Gasteiger partial charge in [0.15, 0.2) is 0 Å². The van der Waals surface area contributed by atoms with E-state index < -0.39 is 5.97 Å². The Hall–Kier alpha value is 0.100. The van der Waals surface area contributed by atoms with Crippen molar-refractivity contribution in [2.45, 2.75) is 103 Å². The number of ketones is 1. The van der Waals surface area contributed by atoms with E-state index in [1.807, 2.05) is 0 Å². The molecule has 0 aromatic rings.